The van der Waals surface area contributed by atoms with Crippen LogP contribution in [-0.4, -0.2) is 39.9 Å². The average molecular weight is 335 g/mol. The fourth-order valence-corrected chi connectivity index (χ4v) is 2.66. The highest BCUT2D eigenvalue weighted by Crippen LogP contribution is 2.21. The van der Waals surface area contributed by atoms with Gasteiger partial charge in [-0.1, -0.05) is 6.08 Å². The van der Waals surface area contributed by atoms with E-state index in [9.17, 15) is 9.59 Å². The van der Waals surface area contributed by atoms with Crippen molar-refractivity contribution in [2.45, 2.75) is 13.0 Å². The average Bonchev–Trinajstić information content (AvgIpc) is 2.60. The molecule has 1 amide bonds. The summed E-state index contributed by atoms with van der Waals surface area (Å²) in [5.74, 6) is -0.275. The molecule has 3 heterocycles. The summed E-state index contributed by atoms with van der Waals surface area (Å²) < 4.78 is 0. The SMILES string of the molecule is C/C=C(\C#N)C(=O)N1CC(Nc2cc(-c3ccncc3)c[nH]c2=O)C1. The zero-order chi connectivity index (χ0) is 17.8. The van der Waals surface area contributed by atoms with Gasteiger partial charge in [-0.15, -0.1) is 0 Å². The number of allylic oxidation sites excluding steroid dienone is 1. The molecule has 1 aliphatic heterocycles. The van der Waals surface area contributed by atoms with Gasteiger partial charge in [0.15, 0.2) is 0 Å². The first-order valence-electron chi connectivity index (χ1n) is 7.87. The van der Waals surface area contributed by atoms with Crippen LogP contribution in [0.1, 0.15) is 6.92 Å². The first kappa shape index (κ1) is 16.5. The van der Waals surface area contributed by atoms with Gasteiger partial charge in [-0.2, -0.15) is 5.26 Å². The Morgan fingerprint density at radius 3 is 2.76 bits per heavy atom. The van der Waals surface area contributed by atoms with Gasteiger partial charge in [0.25, 0.3) is 11.5 Å². The molecular formula is C18H17N5O2. The molecule has 0 aliphatic carbocycles. The number of hydrogen-bond acceptors (Lipinski definition) is 5. The van der Waals surface area contributed by atoms with Crippen LogP contribution in [0.15, 0.2) is 53.2 Å². The molecule has 126 valence electrons. The molecule has 0 radical (unpaired) electrons. The first-order valence-corrected chi connectivity index (χ1v) is 7.87. The molecule has 1 aliphatic rings. The second-order valence-corrected chi connectivity index (χ2v) is 5.73. The van der Waals surface area contributed by atoms with Crippen molar-refractivity contribution in [3.63, 3.8) is 0 Å². The van der Waals surface area contributed by atoms with Crippen LogP contribution in [-0.2, 0) is 4.79 Å². The number of hydrogen-bond donors (Lipinski definition) is 2. The molecule has 2 N–H and O–H groups in total. The maximum absolute atomic E-state index is 12.0. The molecule has 7 heteroatoms. The molecule has 7 nitrogen and oxygen atoms in total. The van der Waals surface area contributed by atoms with Crippen LogP contribution in [0.4, 0.5) is 5.69 Å². The quantitative estimate of drug-likeness (QED) is 0.652. The van der Waals surface area contributed by atoms with Gasteiger partial charge < -0.3 is 15.2 Å². The van der Waals surface area contributed by atoms with E-state index in [1.807, 2.05) is 18.2 Å². The van der Waals surface area contributed by atoms with Gasteiger partial charge in [-0.25, -0.2) is 0 Å². The number of carbonyl (C=O) groups is 1. The van der Waals surface area contributed by atoms with Crippen LogP contribution in [0.25, 0.3) is 11.1 Å². The summed E-state index contributed by atoms with van der Waals surface area (Å²) in [5, 5.41) is 12.1. The molecule has 2 aromatic rings. The van der Waals surface area contributed by atoms with Gasteiger partial charge in [-0.3, -0.25) is 14.6 Å². The van der Waals surface area contributed by atoms with Crippen molar-refractivity contribution in [1.29, 1.82) is 5.26 Å². The summed E-state index contributed by atoms with van der Waals surface area (Å²) in [6.45, 7) is 2.57. The summed E-state index contributed by atoms with van der Waals surface area (Å²) in [5.41, 5.74) is 2.20. The van der Waals surface area contributed by atoms with E-state index in [0.717, 1.165) is 11.1 Å². The highest BCUT2D eigenvalue weighted by Gasteiger charge is 2.32. The van der Waals surface area contributed by atoms with Crippen molar-refractivity contribution in [2.75, 3.05) is 18.4 Å². The van der Waals surface area contributed by atoms with Gasteiger partial charge in [-0.05, 0) is 30.7 Å². The van der Waals surface area contributed by atoms with Crippen LogP contribution in [0.2, 0.25) is 0 Å². The molecule has 0 bridgehead atoms. The number of rotatable bonds is 4. The zero-order valence-corrected chi connectivity index (χ0v) is 13.7. The Morgan fingerprint density at radius 2 is 2.12 bits per heavy atom. The van der Waals surface area contributed by atoms with E-state index < -0.39 is 0 Å². The predicted octanol–water partition coefficient (Wildman–Crippen LogP) is 1.53. The Morgan fingerprint density at radius 1 is 1.40 bits per heavy atom. The fourth-order valence-electron chi connectivity index (χ4n) is 2.66. The van der Waals surface area contributed by atoms with Crippen LogP contribution < -0.4 is 10.9 Å². The molecule has 1 fully saturated rings. The minimum Gasteiger partial charge on any atom is -0.374 e. The van der Waals surface area contributed by atoms with Gasteiger partial charge in [0.2, 0.25) is 0 Å². The van der Waals surface area contributed by atoms with E-state index in [2.05, 4.69) is 15.3 Å². The number of aromatic nitrogens is 2. The second-order valence-electron chi connectivity index (χ2n) is 5.73. The maximum atomic E-state index is 12.0. The number of nitrogens with zero attached hydrogens (tertiary/aromatic N) is 3. The van der Waals surface area contributed by atoms with Crippen molar-refractivity contribution in [1.82, 2.24) is 14.9 Å². The third kappa shape index (κ3) is 3.43. The highest BCUT2D eigenvalue weighted by molar-refractivity contribution is 5.97. The highest BCUT2D eigenvalue weighted by atomic mass is 16.2. The van der Waals surface area contributed by atoms with E-state index in [1.54, 1.807) is 36.5 Å². The molecule has 1 saturated heterocycles. The van der Waals surface area contributed by atoms with Crippen molar-refractivity contribution in [2.24, 2.45) is 0 Å². The Balaban J connectivity index is 1.68. The number of likely N-dealkylation sites (tertiary alicyclic amines) is 1. The Bertz CT molecular complexity index is 905. The lowest BCUT2D eigenvalue weighted by molar-refractivity contribution is -0.130. The third-order valence-corrected chi connectivity index (χ3v) is 4.08. The van der Waals surface area contributed by atoms with E-state index in [0.29, 0.717) is 18.8 Å². The number of aromatic amines is 1. The summed E-state index contributed by atoms with van der Waals surface area (Å²) in [6.07, 6.45) is 6.55. The summed E-state index contributed by atoms with van der Waals surface area (Å²) in [7, 11) is 0. The molecule has 0 atom stereocenters. The molecular weight excluding hydrogens is 318 g/mol. The Labute approximate surface area is 144 Å². The van der Waals surface area contributed by atoms with Crippen molar-refractivity contribution >= 4 is 11.6 Å². The predicted molar refractivity (Wildman–Crippen MR) is 93.7 cm³/mol. The monoisotopic (exact) mass is 335 g/mol. The summed E-state index contributed by atoms with van der Waals surface area (Å²) in [4.78, 5) is 32.3. The van der Waals surface area contributed by atoms with Gasteiger partial charge in [0.05, 0.1) is 6.04 Å². The smallest absolute Gasteiger partial charge is 0.271 e. The topological polar surface area (TPSA) is 102 Å². The van der Waals surface area contributed by atoms with E-state index >= 15 is 0 Å². The van der Waals surface area contributed by atoms with E-state index in [1.165, 1.54) is 6.08 Å². The van der Waals surface area contributed by atoms with Gasteiger partial charge in [0.1, 0.15) is 17.3 Å². The number of carbonyl (C=O) groups excluding carboxylic acids is 1. The maximum Gasteiger partial charge on any atom is 0.271 e. The minimum absolute atomic E-state index is 0.0189. The van der Waals surface area contributed by atoms with Gasteiger partial charge >= 0.3 is 0 Å². The number of nitriles is 1. The second kappa shape index (κ2) is 7.01. The third-order valence-electron chi connectivity index (χ3n) is 4.08. The number of pyridine rings is 2. The Kier molecular flexibility index (Phi) is 4.61. The zero-order valence-electron chi connectivity index (χ0n) is 13.7. The molecule has 3 rings (SSSR count). The van der Waals surface area contributed by atoms with Crippen molar-refractivity contribution in [3.8, 4) is 17.2 Å². The molecule has 25 heavy (non-hydrogen) atoms. The van der Waals surface area contributed by atoms with E-state index in [-0.39, 0.29) is 23.1 Å². The van der Waals surface area contributed by atoms with E-state index in [4.69, 9.17) is 5.26 Å². The first-order chi connectivity index (χ1) is 12.1. The molecule has 0 spiro atoms. The van der Waals surface area contributed by atoms with Crippen LogP contribution in [0.3, 0.4) is 0 Å². The lowest BCUT2D eigenvalue weighted by Crippen LogP contribution is -2.57. The lowest BCUT2D eigenvalue weighted by Gasteiger charge is -2.39. The summed E-state index contributed by atoms with van der Waals surface area (Å²) in [6, 6.07) is 7.38. The van der Waals surface area contributed by atoms with Crippen LogP contribution >= 0.6 is 0 Å². The lowest BCUT2D eigenvalue weighted by atomic mass is 10.1. The van der Waals surface area contributed by atoms with Crippen molar-refractivity contribution in [3.05, 3.63) is 58.8 Å². The number of nitrogens with one attached hydrogen (secondary N) is 2. The molecule has 0 unspecified atom stereocenters. The fraction of sp³-hybridized carbons (Fsp3) is 0.222. The standard InChI is InChI=1S/C18H17N5O2/c1-2-12(8-19)18(25)23-10-15(11-23)22-16-7-14(9-21-17(16)24)13-3-5-20-6-4-13/h2-7,9,15,22H,10-11H2,1H3,(H,21,24)/b12-2+. The molecule has 0 saturated carbocycles. The molecule has 2 aromatic heterocycles. The van der Waals surface area contributed by atoms with Crippen LogP contribution in [0.5, 0.6) is 0 Å². The molecule has 0 aromatic carbocycles. The van der Waals surface area contributed by atoms with Crippen LogP contribution in [0, 0.1) is 11.3 Å². The summed E-state index contributed by atoms with van der Waals surface area (Å²) >= 11 is 0. The van der Waals surface area contributed by atoms with Crippen molar-refractivity contribution < 1.29 is 4.79 Å². The number of anilines is 1. The number of H-pyrrole nitrogens is 1. The largest absolute Gasteiger partial charge is 0.374 e. The normalized spacial score (nSPS) is 14.6. The van der Waals surface area contributed by atoms with Gasteiger partial charge in [0, 0.05) is 37.2 Å². The number of amides is 1. The Hall–Kier alpha value is -3.40. The minimum atomic E-state index is -0.275.